The maximum absolute atomic E-state index is 12.2. The Bertz CT molecular complexity index is 519. The fourth-order valence-corrected chi connectivity index (χ4v) is 5.87. The first-order valence-electron chi connectivity index (χ1n) is 6.31. The lowest BCUT2D eigenvalue weighted by atomic mass is 10.1. The lowest BCUT2D eigenvalue weighted by Gasteiger charge is -2.22. The molecule has 1 saturated heterocycles. The lowest BCUT2D eigenvalue weighted by Crippen LogP contribution is -2.36. The highest BCUT2D eigenvalue weighted by Crippen LogP contribution is 2.37. The Balaban J connectivity index is 2.01. The first-order valence-corrected chi connectivity index (χ1v) is 9.66. The molecule has 0 radical (unpaired) electrons. The smallest absolute Gasteiger partial charge is 0.241 e. The van der Waals surface area contributed by atoms with E-state index in [2.05, 4.69) is 17.0 Å². The van der Waals surface area contributed by atoms with E-state index < -0.39 is 10.0 Å². The average Bonchev–Trinajstić information content (AvgIpc) is 2.98. The van der Waals surface area contributed by atoms with Crippen molar-refractivity contribution in [2.24, 2.45) is 0 Å². The zero-order chi connectivity index (χ0) is 13.9. The Morgan fingerprint density at radius 1 is 1.47 bits per heavy atom. The molecule has 108 valence electrons. The van der Waals surface area contributed by atoms with Crippen molar-refractivity contribution in [3.63, 3.8) is 0 Å². The van der Waals surface area contributed by atoms with Crippen LogP contribution in [0.15, 0.2) is 16.3 Å². The second kappa shape index (κ2) is 6.13. The predicted molar refractivity (Wildman–Crippen MR) is 82.4 cm³/mol. The van der Waals surface area contributed by atoms with E-state index in [1.54, 1.807) is 11.4 Å². The SMILES string of the molecule is CNCc1cc(S(=O)(=O)NCC2(C)CCCS2)cs1. The quantitative estimate of drug-likeness (QED) is 0.842. The Morgan fingerprint density at radius 2 is 2.26 bits per heavy atom. The van der Waals surface area contributed by atoms with E-state index in [0.717, 1.165) is 17.1 Å². The van der Waals surface area contributed by atoms with Gasteiger partial charge in [0.05, 0.1) is 4.90 Å². The molecule has 1 atom stereocenters. The van der Waals surface area contributed by atoms with Crippen LogP contribution < -0.4 is 10.0 Å². The molecule has 1 aliphatic heterocycles. The lowest BCUT2D eigenvalue weighted by molar-refractivity contribution is 0.552. The molecule has 2 heterocycles. The predicted octanol–water partition coefficient (Wildman–Crippen LogP) is 2.03. The molecule has 19 heavy (non-hydrogen) atoms. The van der Waals surface area contributed by atoms with Crippen LogP contribution in [0.25, 0.3) is 0 Å². The summed E-state index contributed by atoms with van der Waals surface area (Å²) in [6, 6.07) is 1.74. The second-order valence-corrected chi connectivity index (χ2v) is 9.45. The molecule has 0 bridgehead atoms. The molecule has 0 aromatic carbocycles. The Kier molecular flexibility index (Phi) is 4.94. The van der Waals surface area contributed by atoms with E-state index in [4.69, 9.17) is 0 Å². The molecule has 4 nitrogen and oxygen atoms in total. The van der Waals surface area contributed by atoms with Gasteiger partial charge in [0.2, 0.25) is 10.0 Å². The highest BCUT2D eigenvalue weighted by Gasteiger charge is 2.31. The molecule has 7 heteroatoms. The Labute approximate surface area is 123 Å². The summed E-state index contributed by atoms with van der Waals surface area (Å²) in [4.78, 5) is 1.42. The largest absolute Gasteiger partial charge is 0.315 e. The molecule has 1 aromatic heterocycles. The highest BCUT2D eigenvalue weighted by atomic mass is 32.2. The van der Waals surface area contributed by atoms with Gasteiger partial charge in [-0.05, 0) is 38.6 Å². The molecular weight excluding hydrogens is 300 g/mol. The van der Waals surface area contributed by atoms with Crippen molar-refractivity contribution >= 4 is 33.1 Å². The van der Waals surface area contributed by atoms with E-state index in [9.17, 15) is 8.42 Å². The van der Waals surface area contributed by atoms with Gasteiger partial charge in [0.1, 0.15) is 0 Å². The number of rotatable bonds is 6. The molecule has 1 fully saturated rings. The van der Waals surface area contributed by atoms with Crippen molar-refractivity contribution in [1.82, 2.24) is 10.0 Å². The first kappa shape index (κ1) is 15.3. The van der Waals surface area contributed by atoms with Gasteiger partial charge in [-0.1, -0.05) is 0 Å². The van der Waals surface area contributed by atoms with Crippen molar-refractivity contribution in [1.29, 1.82) is 0 Å². The third-order valence-electron chi connectivity index (χ3n) is 3.23. The van der Waals surface area contributed by atoms with Crippen molar-refractivity contribution in [3.05, 3.63) is 16.3 Å². The van der Waals surface area contributed by atoms with Crippen LogP contribution in [-0.2, 0) is 16.6 Å². The monoisotopic (exact) mass is 320 g/mol. The molecular formula is C12H20N2O2S3. The summed E-state index contributed by atoms with van der Waals surface area (Å²) < 4.78 is 27.2. The van der Waals surface area contributed by atoms with E-state index in [1.807, 2.05) is 18.8 Å². The van der Waals surface area contributed by atoms with E-state index in [-0.39, 0.29) is 4.75 Å². The van der Waals surface area contributed by atoms with Crippen molar-refractivity contribution in [3.8, 4) is 0 Å². The molecule has 0 amide bonds. The van der Waals surface area contributed by atoms with Crippen LogP contribution in [0.5, 0.6) is 0 Å². The summed E-state index contributed by atoms with van der Waals surface area (Å²) in [5.41, 5.74) is 0. The van der Waals surface area contributed by atoms with E-state index in [1.165, 1.54) is 17.8 Å². The second-order valence-electron chi connectivity index (χ2n) is 5.01. The minimum Gasteiger partial charge on any atom is -0.315 e. The molecule has 1 aromatic rings. The van der Waals surface area contributed by atoms with Gasteiger partial charge in [0.15, 0.2) is 0 Å². The average molecular weight is 321 g/mol. The van der Waals surface area contributed by atoms with Crippen LogP contribution in [0.4, 0.5) is 0 Å². The van der Waals surface area contributed by atoms with Crippen LogP contribution >= 0.6 is 23.1 Å². The molecule has 0 saturated carbocycles. The van der Waals surface area contributed by atoms with E-state index in [0.29, 0.717) is 18.0 Å². The number of thioether (sulfide) groups is 1. The summed E-state index contributed by atoms with van der Waals surface area (Å²) in [6.45, 7) is 3.35. The van der Waals surface area contributed by atoms with Gasteiger partial charge < -0.3 is 5.32 Å². The normalized spacial score (nSPS) is 23.9. The number of nitrogens with one attached hydrogen (secondary N) is 2. The minimum atomic E-state index is -3.36. The molecule has 1 aliphatic rings. The standard InChI is InChI=1S/C12H20N2O2S3/c1-12(4-3-5-18-12)9-14-19(15,16)11-6-10(7-13-2)17-8-11/h6,8,13-14H,3-5,7,9H2,1-2H3. The summed E-state index contributed by atoms with van der Waals surface area (Å²) in [6.07, 6.45) is 2.25. The van der Waals surface area contributed by atoms with E-state index >= 15 is 0 Å². The Morgan fingerprint density at radius 3 is 2.89 bits per heavy atom. The van der Waals surface area contributed by atoms with Crippen LogP contribution in [0.2, 0.25) is 0 Å². The van der Waals surface area contributed by atoms with Crippen LogP contribution in [0.1, 0.15) is 24.6 Å². The summed E-state index contributed by atoms with van der Waals surface area (Å²) in [7, 11) is -1.51. The minimum absolute atomic E-state index is 0.0525. The highest BCUT2D eigenvalue weighted by molar-refractivity contribution is 8.01. The van der Waals surface area contributed by atoms with Gasteiger partial charge >= 0.3 is 0 Å². The third kappa shape index (κ3) is 3.95. The topological polar surface area (TPSA) is 58.2 Å². The maximum Gasteiger partial charge on any atom is 0.241 e. The molecule has 1 unspecified atom stereocenters. The summed E-state index contributed by atoms with van der Waals surface area (Å²) >= 11 is 3.33. The zero-order valence-corrected chi connectivity index (χ0v) is 13.7. The van der Waals surface area contributed by atoms with Gasteiger partial charge in [0, 0.05) is 28.1 Å². The number of hydrogen-bond donors (Lipinski definition) is 2. The van der Waals surface area contributed by atoms with Crippen molar-refractivity contribution in [2.75, 3.05) is 19.3 Å². The molecule has 2 rings (SSSR count). The van der Waals surface area contributed by atoms with Gasteiger partial charge in [-0.15, -0.1) is 11.3 Å². The molecule has 0 aliphatic carbocycles. The maximum atomic E-state index is 12.2. The van der Waals surface area contributed by atoms with Gasteiger partial charge in [-0.3, -0.25) is 0 Å². The Hall–Kier alpha value is -0.0800. The third-order valence-corrected chi connectivity index (χ3v) is 7.23. The van der Waals surface area contributed by atoms with Crippen molar-refractivity contribution < 1.29 is 8.42 Å². The van der Waals surface area contributed by atoms with Crippen molar-refractivity contribution in [2.45, 2.75) is 36.0 Å². The number of hydrogen-bond acceptors (Lipinski definition) is 5. The van der Waals surface area contributed by atoms with Gasteiger partial charge in [0.25, 0.3) is 0 Å². The van der Waals surface area contributed by atoms with Crippen LogP contribution in [0.3, 0.4) is 0 Å². The fourth-order valence-electron chi connectivity index (χ4n) is 2.08. The molecule has 0 spiro atoms. The summed E-state index contributed by atoms with van der Waals surface area (Å²) in [5.74, 6) is 1.13. The first-order chi connectivity index (χ1) is 8.95. The van der Waals surface area contributed by atoms with Gasteiger partial charge in [-0.25, -0.2) is 13.1 Å². The van der Waals surface area contributed by atoms with Crippen LogP contribution in [-0.4, -0.2) is 32.5 Å². The zero-order valence-electron chi connectivity index (χ0n) is 11.2. The fraction of sp³-hybridized carbons (Fsp3) is 0.667. The molecule has 2 N–H and O–H groups in total. The number of sulfonamides is 1. The number of thiophene rings is 1. The van der Waals surface area contributed by atoms with Crippen LogP contribution in [0, 0.1) is 0 Å². The summed E-state index contributed by atoms with van der Waals surface area (Å²) in [5, 5.41) is 4.73. The van der Waals surface area contributed by atoms with Gasteiger partial charge in [-0.2, -0.15) is 11.8 Å².